The molecule has 1 aliphatic rings. The number of nitrogens with zero attached hydrogens (tertiary/aromatic N) is 2. The second kappa shape index (κ2) is 10.9. The molecule has 1 fully saturated rings. The Balaban J connectivity index is 2.28. The molecule has 1 heterocycles. The molecule has 1 aliphatic heterocycles. The van der Waals surface area contributed by atoms with Crippen LogP contribution in [0.25, 0.3) is 0 Å². The zero-order valence-corrected chi connectivity index (χ0v) is 18.3. The summed E-state index contributed by atoms with van der Waals surface area (Å²) >= 11 is 0. The number of hydrogen-bond acceptors (Lipinski definition) is 6. The molecule has 0 radical (unpaired) electrons. The van der Waals surface area contributed by atoms with Crippen molar-refractivity contribution in [3.8, 4) is 0 Å². The summed E-state index contributed by atoms with van der Waals surface area (Å²) in [5.74, 6) is 0. The van der Waals surface area contributed by atoms with E-state index >= 15 is 0 Å². The largest absolute Gasteiger partial charge is 0.327 e. The molecule has 6 N–H and O–H groups in total. The van der Waals surface area contributed by atoms with Gasteiger partial charge in [0.2, 0.25) is 0 Å². The van der Waals surface area contributed by atoms with Crippen molar-refractivity contribution in [2.24, 2.45) is 22.3 Å². The second-order valence-electron chi connectivity index (χ2n) is 10.1. The molecule has 0 aromatic rings. The smallest absolute Gasteiger partial charge is 0.0136 e. The van der Waals surface area contributed by atoms with Gasteiger partial charge in [-0.05, 0) is 24.7 Å². The summed E-state index contributed by atoms with van der Waals surface area (Å²) in [5, 5.41) is 7.01. The highest BCUT2D eigenvalue weighted by Gasteiger charge is 2.27. The first-order valence-electron chi connectivity index (χ1n) is 10.4. The van der Waals surface area contributed by atoms with Gasteiger partial charge in [-0.2, -0.15) is 0 Å². The fraction of sp³-hybridized carbons (Fsp3) is 1.00. The minimum Gasteiger partial charge on any atom is -0.327 e. The summed E-state index contributed by atoms with van der Waals surface area (Å²) in [6.45, 7) is 24.3. The lowest BCUT2D eigenvalue weighted by Crippen LogP contribution is -2.53. The maximum Gasteiger partial charge on any atom is 0.0136 e. The average molecular weight is 371 g/mol. The van der Waals surface area contributed by atoms with Crippen LogP contribution in [-0.2, 0) is 0 Å². The Hall–Kier alpha value is -0.240. The number of nitrogens with one attached hydrogen (secondary N) is 2. The molecule has 6 nitrogen and oxygen atoms in total. The van der Waals surface area contributed by atoms with Crippen molar-refractivity contribution in [3.63, 3.8) is 0 Å². The Labute approximate surface area is 162 Å². The van der Waals surface area contributed by atoms with E-state index in [0.29, 0.717) is 0 Å². The van der Waals surface area contributed by atoms with E-state index in [1.165, 1.54) is 26.2 Å². The van der Waals surface area contributed by atoms with Crippen LogP contribution in [0.5, 0.6) is 0 Å². The first kappa shape index (κ1) is 23.8. The van der Waals surface area contributed by atoms with Gasteiger partial charge in [0.25, 0.3) is 0 Å². The molecule has 0 saturated carbocycles. The molecule has 1 rings (SSSR count). The third kappa shape index (κ3) is 10.8. The Kier molecular flexibility index (Phi) is 10.0. The van der Waals surface area contributed by atoms with Gasteiger partial charge in [0, 0.05) is 77.5 Å². The van der Waals surface area contributed by atoms with E-state index in [4.69, 9.17) is 11.5 Å². The number of nitrogens with two attached hydrogens (primary N) is 2. The lowest BCUT2D eigenvalue weighted by Gasteiger charge is -2.41. The molecule has 156 valence electrons. The summed E-state index contributed by atoms with van der Waals surface area (Å²) in [6, 6.07) is 0.445. The van der Waals surface area contributed by atoms with E-state index in [0.717, 1.165) is 39.3 Å². The summed E-state index contributed by atoms with van der Waals surface area (Å²) in [7, 11) is 0. The SMILES string of the molecule is CC(N)CNCC(C)(C)CN1CCN(CC(C)(C)CNCC(C)N)CC1. The van der Waals surface area contributed by atoms with Gasteiger partial charge in [-0.3, -0.25) is 0 Å². The van der Waals surface area contributed by atoms with Gasteiger partial charge in [0.05, 0.1) is 0 Å². The highest BCUT2D eigenvalue weighted by molar-refractivity contribution is 4.83. The molecule has 0 aliphatic carbocycles. The molecular formula is C20H46N6. The van der Waals surface area contributed by atoms with Crippen LogP contribution in [0.4, 0.5) is 0 Å². The topological polar surface area (TPSA) is 82.6 Å². The molecule has 26 heavy (non-hydrogen) atoms. The van der Waals surface area contributed by atoms with Gasteiger partial charge in [-0.15, -0.1) is 0 Å². The van der Waals surface area contributed by atoms with Crippen LogP contribution < -0.4 is 22.1 Å². The van der Waals surface area contributed by atoms with E-state index in [9.17, 15) is 0 Å². The van der Waals surface area contributed by atoms with Gasteiger partial charge in [-0.1, -0.05) is 27.7 Å². The van der Waals surface area contributed by atoms with Crippen molar-refractivity contribution in [3.05, 3.63) is 0 Å². The van der Waals surface area contributed by atoms with Gasteiger partial charge in [-0.25, -0.2) is 0 Å². The third-order valence-corrected chi connectivity index (χ3v) is 4.91. The Bertz CT molecular complexity index is 336. The molecule has 6 heteroatoms. The number of piperazine rings is 1. The first-order valence-corrected chi connectivity index (χ1v) is 10.4. The quantitative estimate of drug-likeness (QED) is 0.401. The second-order valence-corrected chi connectivity index (χ2v) is 10.1. The van der Waals surface area contributed by atoms with Crippen molar-refractivity contribution >= 4 is 0 Å². The van der Waals surface area contributed by atoms with E-state index in [1.54, 1.807) is 0 Å². The van der Waals surface area contributed by atoms with Crippen LogP contribution in [0.1, 0.15) is 41.5 Å². The molecule has 0 spiro atoms. The van der Waals surface area contributed by atoms with Crippen LogP contribution in [0.2, 0.25) is 0 Å². The van der Waals surface area contributed by atoms with Gasteiger partial charge in [0.1, 0.15) is 0 Å². The summed E-state index contributed by atoms with van der Waals surface area (Å²) in [5.41, 5.74) is 12.2. The van der Waals surface area contributed by atoms with Crippen LogP contribution in [0.3, 0.4) is 0 Å². The standard InChI is InChI=1S/C20H46N6/c1-17(21)11-23-13-19(3,4)15-25-7-9-26(10-8-25)16-20(5,6)14-24-12-18(2)22/h17-18,23-24H,7-16,21-22H2,1-6H3. The first-order chi connectivity index (χ1) is 12.0. The predicted molar refractivity (Wildman–Crippen MR) is 113 cm³/mol. The zero-order valence-electron chi connectivity index (χ0n) is 18.3. The molecule has 2 atom stereocenters. The number of hydrogen-bond donors (Lipinski definition) is 4. The van der Waals surface area contributed by atoms with Gasteiger partial charge in [0.15, 0.2) is 0 Å². The molecule has 0 amide bonds. The van der Waals surface area contributed by atoms with Crippen LogP contribution in [-0.4, -0.2) is 87.3 Å². The van der Waals surface area contributed by atoms with Crippen molar-refractivity contribution in [1.29, 1.82) is 0 Å². The molecular weight excluding hydrogens is 324 g/mol. The molecule has 0 aromatic heterocycles. The van der Waals surface area contributed by atoms with Gasteiger partial charge >= 0.3 is 0 Å². The maximum absolute atomic E-state index is 5.83. The summed E-state index contributed by atoms with van der Waals surface area (Å²) in [4.78, 5) is 5.23. The fourth-order valence-electron chi connectivity index (χ4n) is 3.70. The zero-order chi connectivity index (χ0) is 19.8. The lowest BCUT2D eigenvalue weighted by molar-refractivity contribution is 0.0733. The molecule has 0 bridgehead atoms. The summed E-state index contributed by atoms with van der Waals surface area (Å²) < 4.78 is 0. The minimum absolute atomic E-state index is 0.222. The van der Waals surface area contributed by atoms with E-state index < -0.39 is 0 Å². The Morgan fingerprint density at radius 3 is 1.31 bits per heavy atom. The van der Waals surface area contributed by atoms with Gasteiger partial charge < -0.3 is 31.9 Å². The third-order valence-electron chi connectivity index (χ3n) is 4.91. The maximum atomic E-state index is 5.83. The number of rotatable bonds is 12. The highest BCUT2D eigenvalue weighted by Crippen LogP contribution is 2.20. The Morgan fingerprint density at radius 2 is 1.04 bits per heavy atom. The van der Waals surface area contributed by atoms with E-state index in [-0.39, 0.29) is 22.9 Å². The Morgan fingerprint density at radius 1 is 0.731 bits per heavy atom. The van der Waals surface area contributed by atoms with E-state index in [1.807, 2.05) is 13.8 Å². The average Bonchev–Trinajstić information content (AvgIpc) is 2.47. The highest BCUT2D eigenvalue weighted by atomic mass is 15.3. The molecule has 2 unspecified atom stereocenters. The van der Waals surface area contributed by atoms with Crippen LogP contribution in [0.15, 0.2) is 0 Å². The van der Waals surface area contributed by atoms with Crippen LogP contribution >= 0.6 is 0 Å². The van der Waals surface area contributed by atoms with Crippen molar-refractivity contribution < 1.29 is 0 Å². The van der Waals surface area contributed by atoms with E-state index in [2.05, 4.69) is 48.1 Å². The monoisotopic (exact) mass is 370 g/mol. The fourth-order valence-corrected chi connectivity index (χ4v) is 3.70. The van der Waals surface area contributed by atoms with Crippen LogP contribution in [0, 0.1) is 10.8 Å². The lowest BCUT2D eigenvalue weighted by atomic mass is 9.91. The molecule has 0 aromatic carbocycles. The molecule has 1 saturated heterocycles. The minimum atomic E-state index is 0.222. The van der Waals surface area contributed by atoms with Crippen molar-refractivity contribution in [1.82, 2.24) is 20.4 Å². The van der Waals surface area contributed by atoms with Crippen molar-refractivity contribution in [2.45, 2.75) is 53.6 Å². The summed E-state index contributed by atoms with van der Waals surface area (Å²) in [6.07, 6.45) is 0. The predicted octanol–water partition coefficient (Wildman–Crippen LogP) is 0.530. The van der Waals surface area contributed by atoms with Crippen molar-refractivity contribution in [2.75, 3.05) is 65.4 Å². The normalized spacial score (nSPS) is 20.3.